The summed E-state index contributed by atoms with van der Waals surface area (Å²) >= 11 is 6.29. The molecule has 1 aliphatic heterocycles. The first-order valence-electron chi connectivity index (χ1n) is 8.41. The lowest BCUT2D eigenvalue weighted by molar-refractivity contribution is 0.242. The van der Waals surface area contributed by atoms with Crippen LogP contribution in [-0.4, -0.2) is 24.1 Å². The molecule has 1 aliphatic carbocycles. The smallest absolute Gasteiger partial charge is 0.129 e. The van der Waals surface area contributed by atoms with Crippen molar-refractivity contribution in [3.63, 3.8) is 0 Å². The molecule has 1 aromatic heterocycles. The van der Waals surface area contributed by atoms with Crippen molar-refractivity contribution in [2.45, 2.75) is 58.0 Å². The van der Waals surface area contributed by atoms with E-state index in [-0.39, 0.29) is 0 Å². The highest BCUT2D eigenvalue weighted by molar-refractivity contribution is 6.31. The van der Waals surface area contributed by atoms with Gasteiger partial charge in [-0.15, -0.1) is 0 Å². The quantitative estimate of drug-likeness (QED) is 0.911. The number of fused-ring (bicyclic) bond motifs is 1. The number of nitrogens with zero attached hydrogens (tertiary/aromatic N) is 2. The summed E-state index contributed by atoms with van der Waals surface area (Å²) in [7, 11) is 0. The minimum Gasteiger partial charge on any atom is -0.353 e. The molecule has 116 valence electrons. The first-order chi connectivity index (χ1) is 10.3. The highest BCUT2D eigenvalue weighted by Crippen LogP contribution is 2.37. The van der Waals surface area contributed by atoms with Crippen LogP contribution in [0.15, 0.2) is 12.3 Å². The normalized spacial score (nSPS) is 25.7. The molecule has 0 aromatic carbocycles. The highest BCUT2D eigenvalue weighted by Gasteiger charge is 2.33. The number of pyridine rings is 1. The summed E-state index contributed by atoms with van der Waals surface area (Å²) < 4.78 is 0. The largest absolute Gasteiger partial charge is 0.353 e. The summed E-state index contributed by atoms with van der Waals surface area (Å²) in [6, 6.07) is 2.90. The number of anilines is 1. The van der Waals surface area contributed by atoms with Crippen LogP contribution in [-0.2, 0) is 6.54 Å². The summed E-state index contributed by atoms with van der Waals surface area (Å²) in [5.74, 6) is 2.01. The predicted molar refractivity (Wildman–Crippen MR) is 89.0 cm³/mol. The summed E-state index contributed by atoms with van der Waals surface area (Å²) in [5.41, 5.74) is 1.17. The van der Waals surface area contributed by atoms with Gasteiger partial charge < -0.3 is 10.2 Å². The molecule has 0 radical (unpaired) electrons. The Morgan fingerprint density at radius 2 is 2.10 bits per heavy atom. The number of nitrogens with one attached hydrogen (secondary N) is 1. The molecule has 3 rings (SSSR count). The average molecular weight is 308 g/mol. The number of halogens is 1. The van der Waals surface area contributed by atoms with Crippen molar-refractivity contribution in [1.82, 2.24) is 10.3 Å². The molecule has 2 heterocycles. The van der Waals surface area contributed by atoms with Crippen LogP contribution in [0.4, 0.5) is 5.82 Å². The molecule has 2 aliphatic rings. The van der Waals surface area contributed by atoms with Crippen LogP contribution in [0.5, 0.6) is 0 Å². The number of aromatic nitrogens is 1. The fourth-order valence-corrected chi connectivity index (χ4v) is 4.10. The van der Waals surface area contributed by atoms with E-state index < -0.39 is 0 Å². The predicted octanol–water partition coefficient (Wildman–Crippen LogP) is 4.00. The molecule has 1 saturated carbocycles. The van der Waals surface area contributed by atoms with Crippen LogP contribution in [0.3, 0.4) is 0 Å². The number of rotatable bonds is 4. The zero-order valence-corrected chi connectivity index (χ0v) is 13.7. The lowest BCUT2D eigenvalue weighted by Gasteiger charge is -2.45. The Bertz CT molecular complexity index is 475. The lowest BCUT2D eigenvalue weighted by Crippen LogP contribution is -2.47. The topological polar surface area (TPSA) is 28.2 Å². The Balaban J connectivity index is 1.81. The van der Waals surface area contributed by atoms with E-state index in [0.717, 1.165) is 36.4 Å². The Morgan fingerprint density at radius 3 is 2.95 bits per heavy atom. The van der Waals surface area contributed by atoms with E-state index >= 15 is 0 Å². The third kappa shape index (κ3) is 3.35. The molecule has 2 unspecified atom stereocenters. The first kappa shape index (κ1) is 15.1. The van der Waals surface area contributed by atoms with Crippen molar-refractivity contribution in [1.29, 1.82) is 0 Å². The van der Waals surface area contributed by atoms with Gasteiger partial charge in [-0.3, -0.25) is 0 Å². The van der Waals surface area contributed by atoms with Gasteiger partial charge in [0.05, 0.1) is 5.02 Å². The van der Waals surface area contributed by atoms with E-state index in [2.05, 4.69) is 28.2 Å². The van der Waals surface area contributed by atoms with Crippen LogP contribution in [0.25, 0.3) is 0 Å². The minimum atomic E-state index is 0.702. The van der Waals surface area contributed by atoms with Crippen LogP contribution in [0, 0.1) is 5.92 Å². The SMILES string of the molecule is CCNCc1cc(N2CCCC3CCCCC32)ncc1Cl. The van der Waals surface area contributed by atoms with Crippen LogP contribution in [0.2, 0.25) is 5.02 Å². The monoisotopic (exact) mass is 307 g/mol. The van der Waals surface area contributed by atoms with E-state index in [1.807, 2.05) is 6.20 Å². The molecule has 1 saturated heterocycles. The lowest BCUT2D eigenvalue weighted by atomic mass is 9.78. The van der Waals surface area contributed by atoms with Gasteiger partial charge in [-0.25, -0.2) is 4.98 Å². The second-order valence-electron chi connectivity index (χ2n) is 6.36. The van der Waals surface area contributed by atoms with Crippen molar-refractivity contribution >= 4 is 17.4 Å². The summed E-state index contributed by atoms with van der Waals surface area (Å²) in [4.78, 5) is 7.18. The Labute approximate surface area is 133 Å². The van der Waals surface area contributed by atoms with Gasteiger partial charge in [0.15, 0.2) is 0 Å². The third-order valence-corrected chi connectivity index (χ3v) is 5.36. The molecule has 3 nitrogen and oxygen atoms in total. The van der Waals surface area contributed by atoms with Crippen molar-refractivity contribution in [2.75, 3.05) is 18.0 Å². The van der Waals surface area contributed by atoms with Gasteiger partial charge in [0.1, 0.15) is 5.82 Å². The first-order valence-corrected chi connectivity index (χ1v) is 8.79. The molecule has 0 bridgehead atoms. The zero-order chi connectivity index (χ0) is 14.7. The molecule has 1 N–H and O–H groups in total. The number of hydrogen-bond donors (Lipinski definition) is 1. The number of piperidine rings is 1. The van der Waals surface area contributed by atoms with Gasteiger partial charge in [-0.05, 0) is 49.8 Å². The standard InChI is InChI=1S/C17H26ClN3/c1-2-19-11-14-10-17(20-12-15(14)18)21-9-5-7-13-6-3-4-8-16(13)21/h10,12-13,16,19H,2-9,11H2,1H3. The van der Waals surface area contributed by atoms with Gasteiger partial charge in [0.25, 0.3) is 0 Å². The average Bonchev–Trinajstić information content (AvgIpc) is 2.54. The maximum absolute atomic E-state index is 6.29. The molecule has 4 heteroatoms. The van der Waals surface area contributed by atoms with Gasteiger partial charge in [-0.1, -0.05) is 31.4 Å². The van der Waals surface area contributed by atoms with Crippen LogP contribution < -0.4 is 10.2 Å². The maximum atomic E-state index is 6.29. The van der Waals surface area contributed by atoms with Crippen molar-refractivity contribution in [3.05, 3.63) is 22.8 Å². The molecule has 2 atom stereocenters. The molecule has 2 fully saturated rings. The van der Waals surface area contributed by atoms with Gasteiger partial charge in [-0.2, -0.15) is 0 Å². The fourth-order valence-electron chi connectivity index (χ4n) is 3.93. The third-order valence-electron chi connectivity index (χ3n) is 5.02. The van der Waals surface area contributed by atoms with Crippen molar-refractivity contribution in [2.24, 2.45) is 5.92 Å². The molecule has 0 amide bonds. The Kier molecular flexibility index (Phi) is 5.02. The highest BCUT2D eigenvalue weighted by atomic mass is 35.5. The van der Waals surface area contributed by atoms with E-state index in [1.165, 1.54) is 44.1 Å². The zero-order valence-electron chi connectivity index (χ0n) is 12.9. The summed E-state index contributed by atoms with van der Waals surface area (Å²) in [6.07, 6.45) is 10.0. The molecular weight excluding hydrogens is 282 g/mol. The molecule has 1 aromatic rings. The molecular formula is C17H26ClN3. The minimum absolute atomic E-state index is 0.702. The second kappa shape index (κ2) is 6.97. The van der Waals surface area contributed by atoms with Gasteiger partial charge in [0, 0.05) is 25.3 Å². The fraction of sp³-hybridized carbons (Fsp3) is 0.706. The van der Waals surface area contributed by atoms with E-state index in [1.54, 1.807) is 0 Å². The number of hydrogen-bond acceptors (Lipinski definition) is 3. The Morgan fingerprint density at radius 1 is 1.29 bits per heavy atom. The Hall–Kier alpha value is -0.800. The summed E-state index contributed by atoms with van der Waals surface area (Å²) in [5, 5.41) is 4.14. The van der Waals surface area contributed by atoms with Crippen LogP contribution >= 0.6 is 11.6 Å². The molecule has 21 heavy (non-hydrogen) atoms. The molecule has 0 spiro atoms. The summed E-state index contributed by atoms with van der Waals surface area (Å²) in [6.45, 7) is 5.05. The van der Waals surface area contributed by atoms with Crippen molar-refractivity contribution in [3.8, 4) is 0 Å². The van der Waals surface area contributed by atoms with E-state index in [9.17, 15) is 0 Å². The van der Waals surface area contributed by atoms with E-state index in [4.69, 9.17) is 11.6 Å². The van der Waals surface area contributed by atoms with Gasteiger partial charge >= 0.3 is 0 Å². The van der Waals surface area contributed by atoms with Crippen LogP contribution in [0.1, 0.15) is 51.0 Å². The second-order valence-corrected chi connectivity index (χ2v) is 6.77. The van der Waals surface area contributed by atoms with Crippen molar-refractivity contribution < 1.29 is 0 Å². The van der Waals surface area contributed by atoms with E-state index in [0.29, 0.717) is 6.04 Å². The maximum Gasteiger partial charge on any atom is 0.129 e. The van der Waals surface area contributed by atoms with Gasteiger partial charge in [0.2, 0.25) is 0 Å².